The first kappa shape index (κ1) is 58.9. The highest BCUT2D eigenvalue weighted by atomic mass is 16.6. The Labute approximate surface area is 439 Å². The molecule has 6 N–H and O–H groups in total. The predicted molar refractivity (Wildman–Crippen MR) is 282 cm³/mol. The Morgan fingerprint density at radius 1 is 0.747 bits per heavy atom. The molecule has 5 amide bonds. The highest BCUT2D eigenvalue weighted by molar-refractivity contribution is 5.92. The average molecular weight is 1040 g/mol. The number of aliphatic carboxylic acids is 1. The van der Waals surface area contributed by atoms with Gasteiger partial charge >= 0.3 is 18.1 Å². The first-order valence-corrected chi connectivity index (χ1v) is 25.9. The largest absolute Gasteiger partial charge is 0.481 e. The first-order valence-electron chi connectivity index (χ1n) is 25.9. The van der Waals surface area contributed by atoms with Crippen molar-refractivity contribution in [3.63, 3.8) is 0 Å². The highest BCUT2D eigenvalue weighted by Crippen LogP contribution is 2.44. The molecule has 406 valence electrons. The summed E-state index contributed by atoms with van der Waals surface area (Å²) in [4.78, 5) is 101. The number of hydrogen-bond donors (Lipinski definition) is 5. The van der Waals surface area contributed by atoms with Crippen LogP contribution < -0.4 is 21.7 Å². The number of aryl methyl sites for hydroxylation is 1. The number of fused-ring (bicyclic) bond motifs is 4. The molecule has 75 heavy (non-hydrogen) atoms. The number of para-hydroxylation sites is 1. The van der Waals surface area contributed by atoms with Crippen molar-refractivity contribution in [3.05, 3.63) is 95.7 Å². The van der Waals surface area contributed by atoms with E-state index < -0.39 is 42.0 Å². The van der Waals surface area contributed by atoms with Crippen molar-refractivity contribution in [1.82, 2.24) is 30.5 Å². The van der Waals surface area contributed by atoms with Gasteiger partial charge in [-0.15, -0.1) is 0 Å². The van der Waals surface area contributed by atoms with E-state index in [1.54, 1.807) is 26.0 Å². The van der Waals surface area contributed by atoms with Crippen LogP contribution in [0, 0.1) is 11.8 Å². The number of amides is 5. The molecular formula is C56H75N7O12. The molecule has 0 saturated carbocycles. The maximum atomic E-state index is 13.5. The van der Waals surface area contributed by atoms with Gasteiger partial charge in [-0.2, -0.15) is 0 Å². The summed E-state index contributed by atoms with van der Waals surface area (Å²) in [6.45, 7) is 7.07. The van der Waals surface area contributed by atoms with E-state index in [4.69, 9.17) is 19.9 Å². The van der Waals surface area contributed by atoms with Crippen LogP contribution in [-0.2, 0) is 56.1 Å². The topological polar surface area (TPSA) is 258 Å². The standard InChI is InChI=1S/C56H75N7O12/c1-6-50(65)47(20-13-27-58-55(57)71)60-54(70)45(37(2)3)34-40(64)26-30-74-32-31-73-29-14-22-51(66)48(23-24-53(68)69)59-52(67)25-28-63-39(33-38-15-7-12-21-49(38)63)35-61(4)62(5)56(72)75-36-46-43-18-10-8-16-41(43)42-17-9-11-19-44(42)46/h7-12,15-19,21,33,37,45-48H,6,13-14,20,22-32,34-36H2,1-5H3,(H,59,67)(H,60,70)(H,68,69)(H3,57,58,71)/t45-,47-,48-/m0/s1. The van der Waals surface area contributed by atoms with E-state index in [1.165, 1.54) is 5.01 Å². The maximum absolute atomic E-state index is 13.5. The van der Waals surface area contributed by atoms with Crippen molar-refractivity contribution in [2.45, 2.75) is 116 Å². The van der Waals surface area contributed by atoms with Crippen LogP contribution in [0.2, 0.25) is 0 Å². The number of carboxylic acid groups (broad SMARTS) is 1. The third-order valence-electron chi connectivity index (χ3n) is 13.6. The molecule has 1 aliphatic carbocycles. The van der Waals surface area contributed by atoms with Crippen molar-refractivity contribution in [3.8, 4) is 11.1 Å². The highest BCUT2D eigenvalue weighted by Gasteiger charge is 2.31. The molecule has 0 radical (unpaired) electrons. The summed E-state index contributed by atoms with van der Waals surface area (Å²) in [6, 6.07) is 23.6. The molecular weight excluding hydrogens is 963 g/mol. The van der Waals surface area contributed by atoms with Crippen molar-refractivity contribution >= 4 is 58.2 Å². The number of nitrogens with two attached hydrogens (primary N) is 1. The number of Topliss-reactive ketones (excluding diaryl/α,β-unsaturated/α-hetero) is 3. The van der Waals surface area contributed by atoms with E-state index in [0.29, 0.717) is 25.8 Å². The normalized spacial score (nSPS) is 13.2. The number of nitrogens with zero attached hydrogens (tertiary/aromatic N) is 3. The third-order valence-corrected chi connectivity index (χ3v) is 13.6. The Balaban J connectivity index is 1.03. The number of ether oxygens (including phenoxy) is 3. The van der Waals surface area contributed by atoms with E-state index in [-0.39, 0.29) is 126 Å². The Morgan fingerprint density at radius 2 is 1.39 bits per heavy atom. The number of benzene rings is 3. The van der Waals surface area contributed by atoms with Gasteiger partial charge in [0.1, 0.15) is 12.4 Å². The molecule has 0 fully saturated rings. The third kappa shape index (κ3) is 17.9. The number of urea groups is 1. The number of rotatable bonds is 34. The summed E-state index contributed by atoms with van der Waals surface area (Å²) in [7, 11) is 3.43. The number of nitrogens with one attached hydrogen (secondary N) is 3. The lowest BCUT2D eigenvalue weighted by molar-refractivity contribution is -0.138. The lowest BCUT2D eigenvalue weighted by Gasteiger charge is -2.28. The van der Waals surface area contributed by atoms with Crippen LogP contribution in [0.15, 0.2) is 78.9 Å². The Hall–Kier alpha value is -6.96. The molecule has 0 unspecified atom stereocenters. The summed E-state index contributed by atoms with van der Waals surface area (Å²) >= 11 is 0. The van der Waals surface area contributed by atoms with Crippen LogP contribution in [0.5, 0.6) is 0 Å². The maximum Gasteiger partial charge on any atom is 0.424 e. The second-order valence-corrected chi connectivity index (χ2v) is 19.2. The molecule has 0 bridgehead atoms. The van der Waals surface area contributed by atoms with Crippen LogP contribution in [0.1, 0.15) is 108 Å². The van der Waals surface area contributed by atoms with Gasteiger partial charge in [0.15, 0.2) is 11.6 Å². The second-order valence-electron chi connectivity index (χ2n) is 19.2. The van der Waals surface area contributed by atoms with Crippen LogP contribution in [0.4, 0.5) is 9.59 Å². The average Bonchev–Trinajstić information content (AvgIpc) is 3.91. The van der Waals surface area contributed by atoms with E-state index >= 15 is 0 Å². The van der Waals surface area contributed by atoms with Gasteiger partial charge < -0.3 is 45.6 Å². The Morgan fingerprint density at radius 3 is 2.04 bits per heavy atom. The summed E-state index contributed by atoms with van der Waals surface area (Å²) in [5, 5.41) is 21.6. The quantitative estimate of drug-likeness (QED) is 0.0247. The van der Waals surface area contributed by atoms with Gasteiger partial charge in [0.2, 0.25) is 11.8 Å². The van der Waals surface area contributed by atoms with Crippen LogP contribution >= 0.6 is 0 Å². The molecule has 1 aromatic heterocycles. The van der Waals surface area contributed by atoms with Crippen molar-refractivity contribution in [2.24, 2.45) is 17.6 Å². The zero-order valence-corrected chi connectivity index (χ0v) is 44.0. The van der Waals surface area contributed by atoms with E-state index in [1.807, 2.05) is 73.0 Å². The van der Waals surface area contributed by atoms with Crippen LogP contribution in [-0.4, -0.2) is 133 Å². The number of carbonyl (C=O) groups excluding carboxylic acids is 7. The van der Waals surface area contributed by atoms with Gasteiger partial charge in [0.25, 0.3) is 0 Å². The summed E-state index contributed by atoms with van der Waals surface area (Å²) in [5.74, 6) is -3.41. The summed E-state index contributed by atoms with van der Waals surface area (Å²) in [6.07, 6.45) is 0.508. The molecule has 19 nitrogen and oxygen atoms in total. The zero-order chi connectivity index (χ0) is 54.4. The van der Waals surface area contributed by atoms with Crippen LogP contribution in [0.25, 0.3) is 22.0 Å². The van der Waals surface area contributed by atoms with Crippen molar-refractivity contribution in [1.29, 1.82) is 0 Å². The minimum atomic E-state index is -1.09. The zero-order valence-electron chi connectivity index (χ0n) is 44.0. The van der Waals surface area contributed by atoms with Gasteiger partial charge in [0.05, 0.1) is 38.4 Å². The lowest BCUT2D eigenvalue weighted by Crippen LogP contribution is -2.45. The fourth-order valence-corrected chi connectivity index (χ4v) is 9.26. The molecule has 19 heteroatoms. The van der Waals surface area contributed by atoms with Gasteiger partial charge in [-0.3, -0.25) is 28.8 Å². The summed E-state index contributed by atoms with van der Waals surface area (Å²) < 4.78 is 19.1. The fraction of sp³-hybridized carbons (Fsp3) is 0.500. The smallest absolute Gasteiger partial charge is 0.424 e. The molecule has 5 rings (SSSR count). The molecule has 0 saturated heterocycles. The molecule has 1 aliphatic rings. The van der Waals surface area contributed by atoms with E-state index in [0.717, 1.165) is 38.9 Å². The molecule has 3 atom stereocenters. The SMILES string of the molecule is CCC(=O)[C@H](CCCNC(N)=O)NC(=O)[C@@H](CC(=O)CCOCCOCCCC(=O)[C@H](CCC(=O)O)NC(=O)CCn1c(CN(C)N(C)C(=O)OCC2c3ccccc3-c3ccccc32)cc2ccccc21)C(C)C. The number of primary amides is 1. The van der Waals surface area contributed by atoms with E-state index in [9.17, 15) is 43.5 Å². The van der Waals surface area contributed by atoms with Crippen molar-refractivity contribution in [2.75, 3.05) is 53.7 Å². The second kappa shape index (κ2) is 29.8. The molecule has 4 aromatic rings. The minimum Gasteiger partial charge on any atom is -0.481 e. The Kier molecular flexibility index (Phi) is 23.4. The predicted octanol–water partition coefficient (Wildman–Crippen LogP) is 6.53. The fourth-order valence-electron chi connectivity index (χ4n) is 9.26. The van der Waals surface area contributed by atoms with Gasteiger partial charge in [-0.05, 0) is 71.4 Å². The Bertz CT molecular complexity index is 2550. The van der Waals surface area contributed by atoms with Crippen molar-refractivity contribution < 1.29 is 57.7 Å². The monoisotopic (exact) mass is 1040 g/mol. The number of carbonyl (C=O) groups is 8. The number of ketones is 3. The number of carboxylic acids is 1. The molecule has 3 aromatic carbocycles. The van der Waals surface area contributed by atoms with Gasteiger partial charge in [-0.25, -0.2) is 19.6 Å². The van der Waals surface area contributed by atoms with Crippen LogP contribution in [0.3, 0.4) is 0 Å². The molecule has 0 aliphatic heterocycles. The molecule has 0 spiro atoms. The number of aromatic nitrogens is 1. The number of hydrogen-bond acceptors (Lipinski definition) is 12. The van der Waals surface area contributed by atoms with E-state index in [2.05, 4.69) is 40.2 Å². The minimum absolute atomic E-state index is 0.00150. The molecule has 1 heterocycles. The summed E-state index contributed by atoms with van der Waals surface area (Å²) in [5.41, 5.74) is 11.3. The lowest BCUT2D eigenvalue weighted by atomic mass is 9.88. The van der Waals surface area contributed by atoms with Gasteiger partial charge in [0, 0.05) is 95.4 Å². The number of hydrazine groups is 1. The van der Waals surface area contributed by atoms with Gasteiger partial charge in [-0.1, -0.05) is 87.5 Å². The first-order chi connectivity index (χ1) is 36.0.